The number of aromatic nitrogens is 1. The van der Waals surface area contributed by atoms with Crippen LogP contribution in [-0.4, -0.2) is 10.5 Å². The van der Waals surface area contributed by atoms with E-state index in [0.717, 1.165) is 0 Å². The topological polar surface area (TPSA) is 64.2 Å². The van der Waals surface area contributed by atoms with Crippen molar-refractivity contribution in [2.24, 2.45) is 0 Å². The number of para-hydroxylation sites is 2. The van der Waals surface area contributed by atoms with Crippen molar-refractivity contribution in [3.8, 4) is 0 Å². The zero-order valence-electron chi connectivity index (χ0n) is 14.9. The predicted molar refractivity (Wildman–Crippen MR) is 99.0 cm³/mol. The number of anilines is 1. The Bertz CT molecular complexity index is 959. The largest absolute Gasteiger partial charge is 0.420 e. The summed E-state index contributed by atoms with van der Waals surface area (Å²) in [6, 6.07) is 14.1. The van der Waals surface area contributed by atoms with E-state index in [9.17, 15) is 9.59 Å². The van der Waals surface area contributed by atoms with Gasteiger partial charge in [0.1, 0.15) is 6.04 Å². The zero-order chi connectivity index (χ0) is 18.2. The fourth-order valence-electron chi connectivity index (χ4n) is 2.77. The van der Waals surface area contributed by atoms with Gasteiger partial charge in [0.15, 0.2) is 5.58 Å². The van der Waals surface area contributed by atoms with Crippen molar-refractivity contribution in [3.63, 3.8) is 0 Å². The Kier molecular flexibility index (Phi) is 4.25. The van der Waals surface area contributed by atoms with Gasteiger partial charge in [0, 0.05) is 5.69 Å². The van der Waals surface area contributed by atoms with Crippen molar-refractivity contribution in [1.29, 1.82) is 0 Å². The molecule has 5 heteroatoms. The summed E-state index contributed by atoms with van der Waals surface area (Å²) in [4.78, 5) is 24.7. The molecule has 1 amide bonds. The normalized spacial score (nSPS) is 13.0. The van der Waals surface area contributed by atoms with Crippen LogP contribution in [0.4, 0.5) is 5.69 Å². The molecule has 0 saturated heterocycles. The summed E-state index contributed by atoms with van der Waals surface area (Å²) in [7, 11) is 0. The first-order valence-electron chi connectivity index (χ1n) is 8.29. The van der Waals surface area contributed by atoms with Gasteiger partial charge < -0.3 is 9.73 Å². The second-order valence-corrected chi connectivity index (χ2v) is 7.20. The molecule has 3 rings (SSSR count). The average Bonchev–Trinajstić information content (AvgIpc) is 2.89. The summed E-state index contributed by atoms with van der Waals surface area (Å²) in [5, 5.41) is 2.86. The van der Waals surface area contributed by atoms with Crippen LogP contribution in [0.3, 0.4) is 0 Å². The number of oxazole rings is 1. The van der Waals surface area contributed by atoms with Gasteiger partial charge in [0.2, 0.25) is 5.91 Å². The highest BCUT2D eigenvalue weighted by atomic mass is 16.4. The Morgan fingerprint density at radius 3 is 2.36 bits per heavy atom. The van der Waals surface area contributed by atoms with E-state index >= 15 is 0 Å². The molecule has 5 nitrogen and oxygen atoms in total. The molecule has 130 valence electrons. The van der Waals surface area contributed by atoms with Gasteiger partial charge in [0.25, 0.3) is 0 Å². The predicted octanol–water partition coefficient (Wildman–Crippen LogP) is 4.09. The Morgan fingerprint density at radius 1 is 1.08 bits per heavy atom. The molecule has 0 aliphatic carbocycles. The minimum absolute atomic E-state index is 0.0544. The SMILES string of the molecule is C[C@@H](C(=O)Nc1ccc(C(C)(C)C)cc1)n1c(=O)oc2ccccc21. The molecule has 2 aromatic carbocycles. The third-order valence-corrected chi connectivity index (χ3v) is 4.30. The highest BCUT2D eigenvalue weighted by Crippen LogP contribution is 2.24. The first-order valence-corrected chi connectivity index (χ1v) is 8.29. The first kappa shape index (κ1) is 17.0. The number of hydrogen-bond donors (Lipinski definition) is 1. The summed E-state index contributed by atoms with van der Waals surface area (Å²) >= 11 is 0. The van der Waals surface area contributed by atoms with Crippen LogP contribution in [0.15, 0.2) is 57.7 Å². The van der Waals surface area contributed by atoms with Crippen molar-refractivity contribution in [2.75, 3.05) is 5.32 Å². The molecular weight excluding hydrogens is 316 g/mol. The monoisotopic (exact) mass is 338 g/mol. The molecule has 3 aromatic rings. The maximum Gasteiger partial charge on any atom is 0.420 e. The molecule has 1 aromatic heterocycles. The van der Waals surface area contributed by atoms with E-state index in [2.05, 4.69) is 26.1 Å². The smallest absolute Gasteiger partial charge is 0.408 e. The number of rotatable bonds is 3. The van der Waals surface area contributed by atoms with Crippen molar-refractivity contribution >= 4 is 22.7 Å². The first-order chi connectivity index (χ1) is 11.8. The van der Waals surface area contributed by atoms with E-state index in [1.54, 1.807) is 25.1 Å². The van der Waals surface area contributed by atoms with Gasteiger partial charge in [-0.05, 0) is 42.2 Å². The lowest BCUT2D eigenvalue weighted by Gasteiger charge is -2.19. The van der Waals surface area contributed by atoms with Crippen LogP contribution in [0.1, 0.15) is 39.3 Å². The number of hydrogen-bond acceptors (Lipinski definition) is 3. The lowest BCUT2D eigenvalue weighted by atomic mass is 9.87. The molecule has 0 bridgehead atoms. The lowest BCUT2D eigenvalue weighted by Crippen LogP contribution is -2.29. The minimum Gasteiger partial charge on any atom is -0.408 e. The van der Waals surface area contributed by atoms with Crippen molar-refractivity contribution < 1.29 is 9.21 Å². The molecule has 0 radical (unpaired) electrons. The molecule has 1 atom stereocenters. The maximum absolute atomic E-state index is 12.6. The number of nitrogens with zero attached hydrogens (tertiary/aromatic N) is 1. The Hall–Kier alpha value is -2.82. The quantitative estimate of drug-likeness (QED) is 0.782. The summed E-state index contributed by atoms with van der Waals surface area (Å²) < 4.78 is 6.57. The van der Waals surface area contributed by atoms with Crippen molar-refractivity contribution in [2.45, 2.75) is 39.2 Å². The zero-order valence-corrected chi connectivity index (χ0v) is 14.9. The Balaban J connectivity index is 1.83. The fourth-order valence-corrected chi connectivity index (χ4v) is 2.77. The van der Waals surface area contributed by atoms with E-state index in [-0.39, 0.29) is 11.3 Å². The lowest BCUT2D eigenvalue weighted by molar-refractivity contribution is -0.118. The third kappa shape index (κ3) is 3.36. The van der Waals surface area contributed by atoms with Crippen LogP contribution in [0.25, 0.3) is 11.1 Å². The molecule has 0 aliphatic rings. The second kappa shape index (κ2) is 6.24. The highest BCUT2D eigenvalue weighted by molar-refractivity contribution is 5.94. The van der Waals surface area contributed by atoms with Crippen LogP contribution in [0.2, 0.25) is 0 Å². The van der Waals surface area contributed by atoms with Crippen LogP contribution < -0.4 is 11.1 Å². The van der Waals surface area contributed by atoms with Gasteiger partial charge in [-0.2, -0.15) is 0 Å². The van der Waals surface area contributed by atoms with E-state index in [1.165, 1.54) is 10.1 Å². The van der Waals surface area contributed by atoms with Crippen LogP contribution in [0.5, 0.6) is 0 Å². The number of benzene rings is 2. The molecule has 0 fully saturated rings. The van der Waals surface area contributed by atoms with Crippen molar-refractivity contribution in [1.82, 2.24) is 4.57 Å². The summed E-state index contributed by atoms with van der Waals surface area (Å²) in [5.74, 6) is -0.802. The van der Waals surface area contributed by atoms with E-state index in [4.69, 9.17) is 4.42 Å². The summed E-state index contributed by atoms with van der Waals surface area (Å²) in [5.41, 5.74) is 3.03. The van der Waals surface area contributed by atoms with Gasteiger partial charge in [-0.25, -0.2) is 4.79 Å². The van der Waals surface area contributed by atoms with Gasteiger partial charge in [0.05, 0.1) is 5.52 Å². The van der Waals surface area contributed by atoms with Gasteiger partial charge in [-0.3, -0.25) is 9.36 Å². The standard InChI is InChI=1S/C20H22N2O3/c1-13(22-16-7-5-6-8-17(16)25-19(22)24)18(23)21-15-11-9-14(10-12-15)20(2,3)4/h5-13H,1-4H3,(H,21,23)/t13-/m0/s1. The molecule has 25 heavy (non-hydrogen) atoms. The molecule has 0 aliphatic heterocycles. The van der Waals surface area contributed by atoms with Gasteiger partial charge in [-0.15, -0.1) is 0 Å². The molecule has 0 saturated carbocycles. The summed E-state index contributed by atoms with van der Waals surface area (Å²) in [6.45, 7) is 8.10. The van der Waals surface area contributed by atoms with E-state index in [0.29, 0.717) is 16.8 Å². The summed E-state index contributed by atoms with van der Waals surface area (Å²) in [6.07, 6.45) is 0. The fraction of sp³-hybridized carbons (Fsp3) is 0.300. The molecule has 1 N–H and O–H groups in total. The number of carbonyl (C=O) groups is 1. The van der Waals surface area contributed by atoms with Crippen LogP contribution in [0, 0.1) is 0 Å². The number of nitrogens with one attached hydrogen (secondary N) is 1. The van der Waals surface area contributed by atoms with Crippen molar-refractivity contribution in [3.05, 3.63) is 64.6 Å². The molecule has 1 heterocycles. The van der Waals surface area contributed by atoms with Crippen LogP contribution in [-0.2, 0) is 10.2 Å². The average molecular weight is 338 g/mol. The van der Waals surface area contributed by atoms with E-state index in [1.807, 2.05) is 30.3 Å². The number of amides is 1. The minimum atomic E-state index is -0.682. The van der Waals surface area contributed by atoms with Gasteiger partial charge in [-0.1, -0.05) is 45.0 Å². The number of fused-ring (bicyclic) bond motifs is 1. The molecular formula is C20H22N2O3. The molecule has 0 spiro atoms. The number of carbonyl (C=O) groups excluding carboxylic acids is 1. The highest BCUT2D eigenvalue weighted by Gasteiger charge is 2.21. The third-order valence-electron chi connectivity index (χ3n) is 4.30. The van der Waals surface area contributed by atoms with Crippen LogP contribution >= 0.6 is 0 Å². The van der Waals surface area contributed by atoms with E-state index < -0.39 is 11.8 Å². The Labute approximate surface area is 146 Å². The maximum atomic E-state index is 12.6. The Morgan fingerprint density at radius 2 is 1.72 bits per heavy atom. The van der Waals surface area contributed by atoms with Gasteiger partial charge >= 0.3 is 5.76 Å². The second-order valence-electron chi connectivity index (χ2n) is 7.20. The molecule has 0 unspecified atom stereocenters.